The molecule has 2 N–H and O–H groups in total. The normalized spacial score (nSPS) is 10.9. The van der Waals surface area contributed by atoms with Crippen LogP contribution in [0.4, 0.5) is 0 Å². The van der Waals surface area contributed by atoms with Crippen molar-refractivity contribution < 1.29 is 4.79 Å². The van der Waals surface area contributed by atoms with Crippen LogP contribution in [0.15, 0.2) is 61.1 Å². The number of nitrogens with zero attached hydrogens (tertiary/aromatic N) is 4. The van der Waals surface area contributed by atoms with Gasteiger partial charge in [-0.3, -0.25) is 9.20 Å². The van der Waals surface area contributed by atoms with Crippen molar-refractivity contribution in [3.63, 3.8) is 0 Å². The number of nitrogens with two attached hydrogens (primary N) is 1. The number of aryl methyl sites for hydroxylation is 1. The van der Waals surface area contributed by atoms with Crippen molar-refractivity contribution in [2.45, 2.75) is 6.92 Å². The molecule has 0 unspecified atom stereocenters. The first-order valence-electron chi connectivity index (χ1n) is 7.80. The van der Waals surface area contributed by atoms with Gasteiger partial charge in [0.05, 0.1) is 6.20 Å². The highest BCUT2D eigenvalue weighted by Gasteiger charge is 2.13. The molecule has 0 radical (unpaired) electrons. The number of aromatic nitrogens is 4. The number of fused-ring (bicyclic) bond motifs is 1. The molecular formula is C19H15N5O. The maximum Gasteiger partial charge on any atom is 0.267 e. The van der Waals surface area contributed by atoms with Crippen LogP contribution < -0.4 is 5.73 Å². The maximum absolute atomic E-state index is 11.6. The number of hydrogen-bond donors (Lipinski definition) is 1. The lowest BCUT2D eigenvalue weighted by Gasteiger charge is -2.10. The van der Waals surface area contributed by atoms with E-state index in [1.54, 1.807) is 10.6 Å². The molecule has 0 aliphatic carbocycles. The van der Waals surface area contributed by atoms with Gasteiger partial charge in [-0.2, -0.15) is 0 Å². The van der Waals surface area contributed by atoms with Gasteiger partial charge < -0.3 is 5.73 Å². The number of imidazole rings is 1. The quantitative estimate of drug-likeness (QED) is 0.626. The minimum absolute atomic E-state index is 0.348. The summed E-state index contributed by atoms with van der Waals surface area (Å²) in [6.07, 6.45) is 5.09. The minimum atomic E-state index is -0.514. The number of primary amides is 1. The molecule has 0 saturated heterocycles. The standard InChI is InChI=1S/C19H15N5O/c1-12-8-9-21-19(23-12)15-5-3-2-4-14(15)13-6-7-17-22-10-16(18(20)25)24(17)11-13/h2-11H,1H3,(H2,20,25). The van der Waals surface area contributed by atoms with Gasteiger partial charge in [-0.05, 0) is 36.2 Å². The molecule has 122 valence electrons. The van der Waals surface area contributed by atoms with Crippen LogP contribution >= 0.6 is 0 Å². The summed E-state index contributed by atoms with van der Waals surface area (Å²) in [5.74, 6) is 0.149. The fourth-order valence-corrected chi connectivity index (χ4v) is 2.83. The van der Waals surface area contributed by atoms with Crippen LogP contribution in [0.25, 0.3) is 28.2 Å². The number of carbonyl (C=O) groups is 1. The largest absolute Gasteiger partial charge is 0.364 e. The van der Waals surface area contributed by atoms with E-state index >= 15 is 0 Å². The van der Waals surface area contributed by atoms with Crippen molar-refractivity contribution in [3.8, 4) is 22.5 Å². The zero-order chi connectivity index (χ0) is 17.4. The SMILES string of the molecule is Cc1ccnc(-c2ccccc2-c2ccc3ncc(C(N)=O)n3c2)n1. The number of benzene rings is 1. The fourth-order valence-electron chi connectivity index (χ4n) is 2.83. The maximum atomic E-state index is 11.6. The zero-order valence-corrected chi connectivity index (χ0v) is 13.5. The van der Waals surface area contributed by atoms with Crippen molar-refractivity contribution in [3.05, 3.63) is 72.4 Å². The third kappa shape index (κ3) is 2.63. The molecule has 4 aromatic rings. The van der Waals surface area contributed by atoms with Gasteiger partial charge in [0.25, 0.3) is 5.91 Å². The van der Waals surface area contributed by atoms with Gasteiger partial charge in [-0.25, -0.2) is 15.0 Å². The molecule has 0 fully saturated rings. The minimum Gasteiger partial charge on any atom is -0.364 e. The van der Waals surface area contributed by atoms with Crippen molar-refractivity contribution >= 4 is 11.6 Å². The molecule has 0 aliphatic heterocycles. The van der Waals surface area contributed by atoms with Crippen LogP contribution in [-0.4, -0.2) is 25.3 Å². The molecule has 1 amide bonds. The lowest BCUT2D eigenvalue weighted by atomic mass is 10.0. The Morgan fingerprint density at radius 3 is 2.60 bits per heavy atom. The predicted molar refractivity (Wildman–Crippen MR) is 94.9 cm³/mol. The van der Waals surface area contributed by atoms with E-state index < -0.39 is 5.91 Å². The number of amides is 1. The Morgan fingerprint density at radius 2 is 1.84 bits per heavy atom. The molecule has 3 heterocycles. The number of rotatable bonds is 3. The Morgan fingerprint density at radius 1 is 1.04 bits per heavy atom. The summed E-state index contributed by atoms with van der Waals surface area (Å²) in [6.45, 7) is 1.93. The van der Waals surface area contributed by atoms with Gasteiger partial charge in [0.15, 0.2) is 5.82 Å². The van der Waals surface area contributed by atoms with E-state index in [1.165, 1.54) is 6.20 Å². The summed E-state index contributed by atoms with van der Waals surface area (Å²) in [5, 5.41) is 0. The fraction of sp³-hybridized carbons (Fsp3) is 0.0526. The second-order valence-corrected chi connectivity index (χ2v) is 5.72. The Bertz CT molecular complexity index is 1100. The second kappa shape index (κ2) is 5.83. The van der Waals surface area contributed by atoms with Crippen molar-refractivity contribution in [1.29, 1.82) is 0 Å². The van der Waals surface area contributed by atoms with Gasteiger partial charge in [-0.1, -0.05) is 24.3 Å². The third-order valence-electron chi connectivity index (χ3n) is 4.03. The van der Waals surface area contributed by atoms with Gasteiger partial charge in [0, 0.05) is 23.7 Å². The van der Waals surface area contributed by atoms with E-state index in [4.69, 9.17) is 5.73 Å². The molecule has 25 heavy (non-hydrogen) atoms. The Hall–Kier alpha value is -3.54. The van der Waals surface area contributed by atoms with Gasteiger partial charge >= 0.3 is 0 Å². The third-order valence-corrected chi connectivity index (χ3v) is 4.03. The lowest BCUT2D eigenvalue weighted by molar-refractivity contribution is 0.0995. The molecular weight excluding hydrogens is 314 g/mol. The van der Waals surface area contributed by atoms with Crippen LogP contribution in [0.2, 0.25) is 0 Å². The molecule has 0 saturated carbocycles. The summed E-state index contributed by atoms with van der Waals surface area (Å²) < 4.78 is 1.70. The van der Waals surface area contributed by atoms with Crippen molar-refractivity contribution in [2.75, 3.05) is 0 Å². The average molecular weight is 329 g/mol. The molecule has 0 atom stereocenters. The smallest absolute Gasteiger partial charge is 0.267 e. The highest BCUT2D eigenvalue weighted by Crippen LogP contribution is 2.30. The first-order chi connectivity index (χ1) is 12.1. The van der Waals surface area contributed by atoms with E-state index in [2.05, 4.69) is 15.0 Å². The molecule has 0 spiro atoms. The van der Waals surface area contributed by atoms with Crippen LogP contribution in [0.3, 0.4) is 0 Å². The first kappa shape index (κ1) is 15.0. The topological polar surface area (TPSA) is 86.2 Å². The van der Waals surface area contributed by atoms with Crippen LogP contribution in [0.5, 0.6) is 0 Å². The average Bonchev–Trinajstić information content (AvgIpc) is 3.05. The summed E-state index contributed by atoms with van der Waals surface area (Å²) in [7, 11) is 0. The lowest BCUT2D eigenvalue weighted by Crippen LogP contribution is -2.13. The number of hydrogen-bond acceptors (Lipinski definition) is 4. The van der Waals surface area contributed by atoms with E-state index in [-0.39, 0.29) is 0 Å². The Labute approximate surface area is 144 Å². The van der Waals surface area contributed by atoms with Crippen molar-refractivity contribution in [2.24, 2.45) is 5.73 Å². The first-order valence-corrected chi connectivity index (χ1v) is 7.80. The molecule has 6 heteroatoms. The summed E-state index contributed by atoms with van der Waals surface area (Å²) in [6, 6.07) is 13.6. The molecule has 4 rings (SSSR count). The molecule has 1 aromatic carbocycles. The molecule has 0 bridgehead atoms. The van der Waals surface area contributed by atoms with Crippen LogP contribution in [0.1, 0.15) is 16.2 Å². The van der Waals surface area contributed by atoms with E-state index in [0.717, 1.165) is 22.4 Å². The molecule has 0 aliphatic rings. The number of carbonyl (C=O) groups excluding carboxylic acids is 1. The van der Waals surface area contributed by atoms with Crippen LogP contribution in [0, 0.1) is 6.92 Å². The van der Waals surface area contributed by atoms with Crippen LogP contribution in [-0.2, 0) is 0 Å². The highest BCUT2D eigenvalue weighted by atomic mass is 16.1. The van der Waals surface area contributed by atoms with Gasteiger partial charge in [-0.15, -0.1) is 0 Å². The zero-order valence-electron chi connectivity index (χ0n) is 13.5. The van der Waals surface area contributed by atoms with Gasteiger partial charge in [0.1, 0.15) is 11.3 Å². The highest BCUT2D eigenvalue weighted by molar-refractivity contribution is 5.92. The summed E-state index contributed by atoms with van der Waals surface area (Å²) in [5.41, 5.74) is 10.2. The molecule has 3 aromatic heterocycles. The van der Waals surface area contributed by atoms with E-state index in [9.17, 15) is 4.79 Å². The monoisotopic (exact) mass is 329 g/mol. The number of pyridine rings is 1. The van der Waals surface area contributed by atoms with Gasteiger partial charge in [0.2, 0.25) is 0 Å². The summed E-state index contributed by atoms with van der Waals surface area (Å²) in [4.78, 5) is 24.7. The predicted octanol–water partition coefficient (Wildman–Crippen LogP) is 2.87. The van der Waals surface area contributed by atoms with Crippen molar-refractivity contribution in [1.82, 2.24) is 19.4 Å². The Balaban J connectivity index is 1.92. The van der Waals surface area contributed by atoms with E-state index in [1.807, 2.05) is 55.6 Å². The molecule has 6 nitrogen and oxygen atoms in total. The second-order valence-electron chi connectivity index (χ2n) is 5.72. The summed E-state index contributed by atoms with van der Waals surface area (Å²) >= 11 is 0. The Kier molecular flexibility index (Phi) is 3.50. The van der Waals surface area contributed by atoms with E-state index in [0.29, 0.717) is 17.2 Å².